The highest BCUT2D eigenvalue weighted by molar-refractivity contribution is 6.58. The molecule has 3 nitrogen and oxygen atoms in total. The summed E-state index contributed by atoms with van der Waals surface area (Å²) in [6, 6.07) is 7.64. The fourth-order valence-corrected chi connectivity index (χ4v) is 1.18. The maximum atomic E-state index is 8.90. The molecular weight excluding hydrogens is 177 g/mol. The van der Waals surface area contributed by atoms with Gasteiger partial charge in [-0.05, 0) is 31.4 Å². The molecule has 14 heavy (non-hydrogen) atoms. The van der Waals surface area contributed by atoms with Crippen molar-refractivity contribution < 1.29 is 10.0 Å². The van der Waals surface area contributed by atoms with Crippen LogP contribution in [0.4, 0.5) is 5.69 Å². The van der Waals surface area contributed by atoms with Crippen LogP contribution in [-0.2, 0) is 0 Å². The lowest BCUT2D eigenvalue weighted by Crippen LogP contribution is -2.30. The maximum Gasteiger partial charge on any atom is 0.488 e. The zero-order chi connectivity index (χ0) is 10.7. The predicted octanol–water partition coefficient (Wildman–Crippen LogP) is 0.211. The van der Waals surface area contributed by atoms with Crippen LogP contribution in [0.1, 0.15) is 13.8 Å². The Morgan fingerprint density at radius 3 is 2.00 bits per heavy atom. The molecule has 2 N–H and O–H groups in total. The van der Waals surface area contributed by atoms with Crippen molar-refractivity contribution in [1.82, 2.24) is 0 Å². The third-order valence-electron chi connectivity index (χ3n) is 2.37. The van der Waals surface area contributed by atoms with Crippen LogP contribution in [0.3, 0.4) is 0 Å². The zero-order valence-electron chi connectivity index (χ0n) is 8.81. The Morgan fingerprint density at radius 2 is 1.64 bits per heavy atom. The van der Waals surface area contributed by atoms with Gasteiger partial charge in [-0.25, -0.2) is 0 Å². The van der Waals surface area contributed by atoms with E-state index in [1.54, 1.807) is 12.1 Å². The number of anilines is 1. The van der Waals surface area contributed by atoms with Crippen LogP contribution in [0.5, 0.6) is 0 Å². The summed E-state index contributed by atoms with van der Waals surface area (Å²) in [7, 11) is 0.628. The second-order valence-electron chi connectivity index (χ2n) is 3.67. The van der Waals surface area contributed by atoms with E-state index in [0.717, 1.165) is 5.69 Å². The fraction of sp³-hybridized carbons (Fsp3) is 0.400. The number of rotatable bonds is 3. The van der Waals surface area contributed by atoms with Gasteiger partial charge in [0.25, 0.3) is 0 Å². The Hall–Kier alpha value is -0.995. The molecule has 0 amide bonds. The lowest BCUT2D eigenvalue weighted by atomic mass is 9.80. The lowest BCUT2D eigenvalue weighted by molar-refractivity contribution is 0.426. The molecule has 0 radical (unpaired) electrons. The van der Waals surface area contributed by atoms with Crippen molar-refractivity contribution in [1.29, 1.82) is 0 Å². The Bertz CT molecular complexity index is 285. The smallest absolute Gasteiger partial charge is 0.423 e. The van der Waals surface area contributed by atoms with Gasteiger partial charge in [0.15, 0.2) is 0 Å². The first kappa shape index (κ1) is 11.1. The maximum absolute atomic E-state index is 8.90. The van der Waals surface area contributed by atoms with Crippen molar-refractivity contribution in [2.24, 2.45) is 0 Å². The molecule has 0 aliphatic heterocycles. The molecule has 0 saturated heterocycles. The van der Waals surface area contributed by atoms with E-state index in [9.17, 15) is 0 Å². The van der Waals surface area contributed by atoms with Crippen molar-refractivity contribution in [3.8, 4) is 0 Å². The van der Waals surface area contributed by atoms with Crippen LogP contribution in [0.2, 0.25) is 0 Å². The summed E-state index contributed by atoms with van der Waals surface area (Å²) in [6.07, 6.45) is 0. The Balaban J connectivity index is 2.83. The van der Waals surface area contributed by atoms with Crippen molar-refractivity contribution in [3.63, 3.8) is 0 Å². The summed E-state index contributed by atoms with van der Waals surface area (Å²) in [4.78, 5) is 2.12. The van der Waals surface area contributed by atoms with E-state index in [1.807, 2.05) is 19.2 Å². The predicted molar refractivity (Wildman–Crippen MR) is 59.8 cm³/mol. The monoisotopic (exact) mass is 193 g/mol. The van der Waals surface area contributed by atoms with Gasteiger partial charge in [0.05, 0.1) is 0 Å². The molecule has 76 valence electrons. The average molecular weight is 193 g/mol. The van der Waals surface area contributed by atoms with Crippen molar-refractivity contribution in [2.75, 3.05) is 11.9 Å². The second-order valence-corrected chi connectivity index (χ2v) is 3.67. The summed E-state index contributed by atoms with van der Waals surface area (Å²) in [6.45, 7) is 4.21. The van der Waals surface area contributed by atoms with Crippen LogP contribution in [0.25, 0.3) is 0 Å². The average Bonchev–Trinajstić information content (AvgIpc) is 2.16. The van der Waals surface area contributed by atoms with Crippen LogP contribution in [0, 0.1) is 0 Å². The number of hydrogen-bond acceptors (Lipinski definition) is 3. The quantitative estimate of drug-likeness (QED) is 0.674. The van der Waals surface area contributed by atoms with Gasteiger partial charge in [-0.2, -0.15) is 0 Å². The van der Waals surface area contributed by atoms with E-state index in [1.165, 1.54) is 0 Å². The highest BCUT2D eigenvalue weighted by atomic mass is 16.4. The van der Waals surface area contributed by atoms with Gasteiger partial charge in [0.2, 0.25) is 0 Å². The largest absolute Gasteiger partial charge is 0.488 e. The van der Waals surface area contributed by atoms with E-state index in [4.69, 9.17) is 10.0 Å². The summed E-state index contributed by atoms with van der Waals surface area (Å²) in [5.74, 6) is 0. The first-order valence-corrected chi connectivity index (χ1v) is 4.71. The molecule has 0 fully saturated rings. The van der Waals surface area contributed by atoms with E-state index in [0.29, 0.717) is 11.5 Å². The molecule has 0 aliphatic rings. The van der Waals surface area contributed by atoms with Gasteiger partial charge in [0, 0.05) is 18.8 Å². The summed E-state index contributed by atoms with van der Waals surface area (Å²) < 4.78 is 0. The Labute approximate surface area is 85.1 Å². The Kier molecular flexibility index (Phi) is 3.55. The molecule has 1 rings (SSSR count). The van der Waals surface area contributed by atoms with Crippen molar-refractivity contribution in [3.05, 3.63) is 24.3 Å². The SMILES string of the molecule is CC(C)N(C)c1ccc(B(O)O)cc1. The molecule has 0 unspecified atom stereocenters. The molecule has 1 aromatic carbocycles. The van der Waals surface area contributed by atoms with E-state index >= 15 is 0 Å². The van der Waals surface area contributed by atoms with Gasteiger partial charge >= 0.3 is 7.12 Å². The lowest BCUT2D eigenvalue weighted by Gasteiger charge is -2.23. The number of nitrogens with zero attached hydrogens (tertiary/aromatic N) is 1. The Morgan fingerprint density at radius 1 is 1.14 bits per heavy atom. The zero-order valence-corrected chi connectivity index (χ0v) is 8.81. The molecule has 0 bridgehead atoms. The van der Waals surface area contributed by atoms with E-state index in [-0.39, 0.29) is 0 Å². The third-order valence-corrected chi connectivity index (χ3v) is 2.37. The van der Waals surface area contributed by atoms with Crippen LogP contribution < -0.4 is 10.4 Å². The second kappa shape index (κ2) is 4.48. The standard InChI is InChI=1S/C10H16BNO2/c1-8(2)12(3)10-6-4-9(5-7-10)11(13)14/h4-8,13-14H,1-3H3. The summed E-state index contributed by atoms with van der Waals surface area (Å²) in [5, 5.41) is 17.8. The molecule has 0 aromatic heterocycles. The van der Waals surface area contributed by atoms with Crippen LogP contribution in [0.15, 0.2) is 24.3 Å². The van der Waals surface area contributed by atoms with Crippen molar-refractivity contribution in [2.45, 2.75) is 19.9 Å². The van der Waals surface area contributed by atoms with E-state index in [2.05, 4.69) is 18.7 Å². The first-order valence-electron chi connectivity index (χ1n) is 4.71. The summed E-state index contributed by atoms with van der Waals surface area (Å²) >= 11 is 0. The molecule has 1 aromatic rings. The molecule has 0 heterocycles. The van der Waals surface area contributed by atoms with Crippen LogP contribution >= 0.6 is 0 Å². The van der Waals surface area contributed by atoms with Gasteiger partial charge < -0.3 is 14.9 Å². The minimum Gasteiger partial charge on any atom is -0.423 e. The molecule has 0 spiro atoms. The molecule has 0 aliphatic carbocycles. The van der Waals surface area contributed by atoms with Gasteiger partial charge in [-0.15, -0.1) is 0 Å². The number of benzene rings is 1. The number of hydrogen-bond donors (Lipinski definition) is 2. The minimum atomic E-state index is -1.38. The minimum absolute atomic E-state index is 0.430. The third kappa shape index (κ3) is 2.50. The summed E-state index contributed by atoms with van der Waals surface area (Å²) in [5.41, 5.74) is 1.59. The fourth-order valence-electron chi connectivity index (χ4n) is 1.18. The van der Waals surface area contributed by atoms with Crippen LogP contribution in [-0.4, -0.2) is 30.3 Å². The van der Waals surface area contributed by atoms with Gasteiger partial charge in [-0.1, -0.05) is 12.1 Å². The highest BCUT2D eigenvalue weighted by Crippen LogP contribution is 2.12. The molecule has 4 heteroatoms. The first-order chi connectivity index (χ1) is 6.52. The van der Waals surface area contributed by atoms with Crippen molar-refractivity contribution >= 4 is 18.3 Å². The molecular formula is C10H16BNO2. The van der Waals surface area contributed by atoms with Gasteiger partial charge in [0.1, 0.15) is 0 Å². The van der Waals surface area contributed by atoms with E-state index < -0.39 is 7.12 Å². The highest BCUT2D eigenvalue weighted by Gasteiger charge is 2.11. The normalized spacial score (nSPS) is 10.4. The van der Waals surface area contributed by atoms with Gasteiger partial charge in [-0.3, -0.25) is 0 Å². The topological polar surface area (TPSA) is 43.7 Å². The molecule has 0 saturated carbocycles. The molecule has 0 atom stereocenters.